The highest BCUT2D eigenvalue weighted by atomic mass is 35.5. The molecule has 0 fully saturated rings. The second kappa shape index (κ2) is 5.54. The quantitative estimate of drug-likeness (QED) is 0.796. The number of halogens is 2. The van der Waals surface area contributed by atoms with Crippen molar-refractivity contribution >= 4 is 40.3 Å². The molecule has 0 atom stereocenters. The van der Waals surface area contributed by atoms with Crippen LogP contribution in [0.25, 0.3) is 11.2 Å². The maximum absolute atomic E-state index is 6.20. The van der Waals surface area contributed by atoms with Crippen LogP contribution < -0.4 is 5.73 Å². The molecule has 3 rings (SSSR count). The number of hydrogen-bond acceptors (Lipinski definition) is 3. The van der Waals surface area contributed by atoms with Gasteiger partial charge in [0.25, 0.3) is 0 Å². The molecular weight excluding hydrogens is 307 g/mol. The van der Waals surface area contributed by atoms with E-state index in [1.807, 2.05) is 29.7 Å². The van der Waals surface area contributed by atoms with E-state index in [2.05, 4.69) is 9.97 Å². The monoisotopic (exact) mass is 320 g/mol. The fourth-order valence-electron chi connectivity index (χ4n) is 2.33. The number of fused-ring (bicyclic) bond motifs is 1. The molecule has 108 valence electrons. The average molecular weight is 321 g/mol. The maximum Gasteiger partial charge on any atom is 0.202 e. The Labute approximate surface area is 132 Å². The van der Waals surface area contributed by atoms with Crippen molar-refractivity contribution in [3.63, 3.8) is 0 Å². The summed E-state index contributed by atoms with van der Waals surface area (Å²) in [4.78, 5) is 8.76. The topological polar surface area (TPSA) is 56.7 Å². The number of anilines is 1. The molecule has 21 heavy (non-hydrogen) atoms. The van der Waals surface area contributed by atoms with E-state index >= 15 is 0 Å². The van der Waals surface area contributed by atoms with E-state index in [-0.39, 0.29) is 0 Å². The first-order chi connectivity index (χ1) is 10.1. The Morgan fingerprint density at radius 1 is 1.24 bits per heavy atom. The molecule has 1 aromatic carbocycles. The van der Waals surface area contributed by atoms with Gasteiger partial charge in [0.1, 0.15) is 5.52 Å². The van der Waals surface area contributed by atoms with Crippen LogP contribution in [0, 0.1) is 6.92 Å². The number of benzene rings is 1. The van der Waals surface area contributed by atoms with Crippen molar-refractivity contribution in [2.24, 2.45) is 0 Å². The van der Waals surface area contributed by atoms with Crippen molar-refractivity contribution in [2.75, 3.05) is 5.73 Å². The average Bonchev–Trinajstić information content (AvgIpc) is 2.76. The smallest absolute Gasteiger partial charge is 0.202 e. The first-order valence-corrected chi connectivity index (χ1v) is 7.33. The molecule has 0 aliphatic heterocycles. The van der Waals surface area contributed by atoms with Gasteiger partial charge >= 0.3 is 0 Å². The highest BCUT2D eigenvalue weighted by Gasteiger charge is 2.11. The summed E-state index contributed by atoms with van der Waals surface area (Å²) in [7, 11) is 0. The summed E-state index contributed by atoms with van der Waals surface area (Å²) in [5.41, 5.74) is 9.74. The van der Waals surface area contributed by atoms with Gasteiger partial charge in [0.2, 0.25) is 5.95 Å². The molecule has 0 amide bonds. The summed E-state index contributed by atoms with van der Waals surface area (Å²) in [6.45, 7) is 2.66. The zero-order valence-corrected chi connectivity index (χ0v) is 13.0. The number of rotatable bonds is 3. The lowest BCUT2D eigenvalue weighted by Gasteiger charge is -2.08. The van der Waals surface area contributed by atoms with Gasteiger partial charge in [-0.1, -0.05) is 29.3 Å². The zero-order chi connectivity index (χ0) is 15.0. The lowest BCUT2D eigenvalue weighted by molar-refractivity contribution is 0.720. The molecule has 2 N–H and O–H groups in total. The molecule has 0 aliphatic carbocycles. The summed E-state index contributed by atoms with van der Waals surface area (Å²) in [6, 6.07) is 7.44. The molecule has 0 saturated carbocycles. The fraction of sp³-hybridized carbons (Fsp3) is 0.200. The van der Waals surface area contributed by atoms with Crippen molar-refractivity contribution in [1.29, 1.82) is 0 Å². The van der Waals surface area contributed by atoms with Crippen LogP contribution in [0.4, 0.5) is 5.95 Å². The molecule has 2 heterocycles. The number of aromatic nitrogens is 3. The molecule has 0 bridgehead atoms. The summed E-state index contributed by atoms with van der Waals surface area (Å²) in [6.07, 6.45) is 2.51. The molecule has 0 unspecified atom stereocenters. The second-order valence-corrected chi connectivity index (χ2v) is 5.75. The van der Waals surface area contributed by atoms with Crippen LogP contribution >= 0.6 is 23.2 Å². The van der Waals surface area contributed by atoms with Crippen molar-refractivity contribution in [2.45, 2.75) is 19.9 Å². The third kappa shape index (κ3) is 2.69. The SMILES string of the molecule is Cc1ccnc2c1nc(N)n2CCc1ccc(Cl)cc1Cl. The van der Waals surface area contributed by atoms with Gasteiger partial charge in [0, 0.05) is 22.8 Å². The molecule has 0 spiro atoms. The van der Waals surface area contributed by atoms with Crippen LogP contribution in [-0.4, -0.2) is 14.5 Å². The zero-order valence-electron chi connectivity index (χ0n) is 11.5. The Balaban J connectivity index is 1.92. The van der Waals surface area contributed by atoms with Gasteiger partial charge in [0.05, 0.1) is 0 Å². The number of imidazole rings is 1. The maximum atomic E-state index is 6.20. The number of aryl methyl sites for hydroxylation is 3. The van der Waals surface area contributed by atoms with E-state index < -0.39 is 0 Å². The summed E-state index contributed by atoms with van der Waals surface area (Å²) >= 11 is 12.1. The normalized spacial score (nSPS) is 11.2. The van der Waals surface area contributed by atoms with Crippen molar-refractivity contribution in [1.82, 2.24) is 14.5 Å². The van der Waals surface area contributed by atoms with Crippen LogP contribution in [0.1, 0.15) is 11.1 Å². The van der Waals surface area contributed by atoms with Crippen LogP contribution in [0.15, 0.2) is 30.5 Å². The highest BCUT2D eigenvalue weighted by Crippen LogP contribution is 2.23. The molecule has 2 aromatic heterocycles. The minimum absolute atomic E-state index is 0.469. The molecule has 3 aromatic rings. The first-order valence-electron chi connectivity index (χ1n) is 6.57. The Kier molecular flexibility index (Phi) is 3.74. The Morgan fingerprint density at radius 2 is 2.05 bits per heavy atom. The van der Waals surface area contributed by atoms with Crippen molar-refractivity contribution < 1.29 is 0 Å². The van der Waals surface area contributed by atoms with Gasteiger partial charge < -0.3 is 5.73 Å². The summed E-state index contributed by atoms with van der Waals surface area (Å²) < 4.78 is 1.91. The Bertz CT molecular complexity index is 811. The van der Waals surface area contributed by atoms with Crippen molar-refractivity contribution in [3.05, 3.63) is 51.6 Å². The van der Waals surface area contributed by atoms with Crippen LogP contribution in [0.2, 0.25) is 10.0 Å². The predicted molar refractivity (Wildman–Crippen MR) is 86.8 cm³/mol. The van der Waals surface area contributed by atoms with E-state index in [9.17, 15) is 0 Å². The molecule has 6 heteroatoms. The van der Waals surface area contributed by atoms with Crippen LogP contribution in [-0.2, 0) is 13.0 Å². The summed E-state index contributed by atoms with van der Waals surface area (Å²) in [5.74, 6) is 0.469. The van der Waals surface area contributed by atoms with Crippen LogP contribution in [0.3, 0.4) is 0 Å². The first kappa shape index (κ1) is 14.2. The third-order valence-corrected chi connectivity index (χ3v) is 4.07. The van der Waals surface area contributed by atoms with E-state index in [0.717, 1.165) is 28.7 Å². The molecular formula is C15H14Cl2N4. The minimum Gasteiger partial charge on any atom is -0.369 e. The molecule has 0 saturated heterocycles. The molecule has 0 radical (unpaired) electrons. The summed E-state index contributed by atoms with van der Waals surface area (Å²) in [5, 5.41) is 1.29. The number of pyridine rings is 1. The second-order valence-electron chi connectivity index (χ2n) is 4.91. The van der Waals surface area contributed by atoms with E-state index in [4.69, 9.17) is 28.9 Å². The Morgan fingerprint density at radius 3 is 2.81 bits per heavy atom. The van der Waals surface area contributed by atoms with Crippen LogP contribution in [0.5, 0.6) is 0 Å². The van der Waals surface area contributed by atoms with E-state index in [1.165, 1.54) is 0 Å². The lowest BCUT2D eigenvalue weighted by atomic mass is 10.1. The van der Waals surface area contributed by atoms with Crippen molar-refractivity contribution in [3.8, 4) is 0 Å². The lowest BCUT2D eigenvalue weighted by Crippen LogP contribution is -2.06. The number of nitrogens with zero attached hydrogens (tertiary/aromatic N) is 3. The van der Waals surface area contributed by atoms with Gasteiger partial charge in [-0.05, 0) is 42.7 Å². The standard InChI is InChI=1S/C15H14Cl2N4/c1-9-4-6-19-14-13(9)20-15(18)21(14)7-5-10-2-3-11(16)8-12(10)17/h2-4,6,8H,5,7H2,1H3,(H2,18,20). The molecule has 0 aliphatic rings. The van der Waals surface area contributed by atoms with Gasteiger partial charge in [-0.25, -0.2) is 9.97 Å². The Hall–Kier alpha value is -1.78. The van der Waals surface area contributed by atoms with Gasteiger partial charge in [0.15, 0.2) is 5.65 Å². The van der Waals surface area contributed by atoms with E-state index in [0.29, 0.717) is 22.5 Å². The highest BCUT2D eigenvalue weighted by molar-refractivity contribution is 6.35. The van der Waals surface area contributed by atoms with Gasteiger partial charge in [-0.2, -0.15) is 0 Å². The number of nitrogen functional groups attached to an aromatic ring is 1. The predicted octanol–water partition coefficient (Wildman–Crippen LogP) is 3.87. The number of hydrogen-bond donors (Lipinski definition) is 1. The number of nitrogens with two attached hydrogens (primary N) is 1. The van der Waals surface area contributed by atoms with Gasteiger partial charge in [-0.3, -0.25) is 4.57 Å². The molecule has 4 nitrogen and oxygen atoms in total. The van der Waals surface area contributed by atoms with Gasteiger partial charge in [-0.15, -0.1) is 0 Å². The third-order valence-electron chi connectivity index (χ3n) is 3.49. The minimum atomic E-state index is 0.469. The largest absolute Gasteiger partial charge is 0.369 e. The fourth-order valence-corrected chi connectivity index (χ4v) is 2.84. The van der Waals surface area contributed by atoms with E-state index in [1.54, 1.807) is 12.3 Å².